The highest BCUT2D eigenvalue weighted by molar-refractivity contribution is 8.04. The molecule has 0 bridgehead atoms. The molecule has 2 aliphatic rings. The van der Waals surface area contributed by atoms with E-state index in [-0.39, 0.29) is 0 Å². The van der Waals surface area contributed by atoms with Crippen LogP contribution >= 0.6 is 11.8 Å². The Bertz CT molecular complexity index is 371. The summed E-state index contributed by atoms with van der Waals surface area (Å²) in [5.41, 5.74) is 1.46. The molecular weight excluding hydrogens is 212 g/mol. The molecule has 0 saturated carbocycles. The van der Waals surface area contributed by atoms with E-state index in [0.29, 0.717) is 17.1 Å². The lowest BCUT2D eigenvalue weighted by atomic mass is 9.99. The second-order valence-corrected chi connectivity index (χ2v) is 6.06. The van der Waals surface area contributed by atoms with Crippen molar-refractivity contribution in [3.05, 3.63) is 46.9 Å². The van der Waals surface area contributed by atoms with Crippen LogP contribution < -0.4 is 0 Å². The van der Waals surface area contributed by atoms with Gasteiger partial charge in [-0.1, -0.05) is 50.3 Å². The lowest BCUT2D eigenvalue weighted by Gasteiger charge is -2.24. The molecule has 0 aromatic carbocycles. The van der Waals surface area contributed by atoms with Crippen LogP contribution in [0.15, 0.2) is 46.9 Å². The van der Waals surface area contributed by atoms with Crippen molar-refractivity contribution in [2.45, 2.75) is 32.4 Å². The zero-order chi connectivity index (χ0) is 11.5. The molecule has 0 fully saturated rings. The summed E-state index contributed by atoms with van der Waals surface area (Å²) in [5.74, 6) is 1.35. The summed E-state index contributed by atoms with van der Waals surface area (Å²) in [6, 6.07) is 0. The molecule has 0 nitrogen and oxygen atoms in total. The lowest BCUT2D eigenvalue weighted by Crippen LogP contribution is -2.12. The van der Waals surface area contributed by atoms with Gasteiger partial charge in [-0.2, -0.15) is 0 Å². The van der Waals surface area contributed by atoms with Crippen LogP contribution in [0.25, 0.3) is 0 Å². The van der Waals surface area contributed by atoms with Gasteiger partial charge in [-0.3, -0.25) is 0 Å². The minimum absolute atomic E-state index is 0.605. The van der Waals surface area contributed by atoms with Crippen molar-refractivity contribution >= 4 is 11.8 Å². The Morgan fingerprint density at radius 2 is 1.94 bits per heavy atom. The molecule has 3 unspecified atom stereocenters. The van der Waals surface area contributed by atoms with Gasteiger partial charge in [0.1, 0.15) is 0 Å². The molecular formula is C15H20S. The van der Waals surface area contributed by atoms with Crippen molar-refractivity contribution in [2.75, 3.05) is 0 Å². The summed E-state index contributed by atoms with van der Waals surface area (Å²) < 4.78 is 0. The second-order valence-electron chi connectivity index (χ2n) is 4.84. The van der Waals surface area contributed by atoms with Crippen LogP contribution in [-0.4, -0.2) is 5.25 Å². The number of hydrogen-bond donors (Lipinski definition) is 0. The lowest BCUT2D eigenvalue weighted by molar-refractivity contribution is 0.726. The first kappa shape index (κ1) is 11.8. The number of allylic oxidation sites excluding steroid dienone is 6. The standard InChI is InChI=1S/C15H20S/c1-11-8-9-15(13(3)10-11)16-14-7-5-4-6-12(14)2/h4-7,9-12,14H,8H2,1-3H3. The van der Waals surface area contributed by atoms with Gasteiger partial charge in [-0.15, -0.1) is 11.8 Å². The van der Waals surface area contributed by atoms with Crippen LogP contribution in [0.2, 0.25) is 0 Å². The predicted molar refractivity (Wildman–Crippen MR) is 74.4 cm³/mol. The van der Waals surface area contributed by atoms with Gasteiger partial charge in [0, 0.05) is 10.2 Å². The summed E-state index contributed by atoms with van der Waals surface area (Å²) >= 11 is 2.01. The molecule has 0 aromatic rings. The van der Waals surface area contributed by atoms with Crippen molar-refractivity contribution in [2.24, 2.45) is 11.8 Å². The maximum absolute atomic E-state index is 2.41. The van der Waals surface area contributed by atoms with E-state index in [1.165, 1.54) is 16.9 Å². The summed E-state index contributed by atoms with van der Waals surface area (Å²) in [7, 11) is 0. The molecule has 0 saturated heterocycles. The molecule has 3 atom stereocenters. The van der Waals surface area contributed by atoms with E-state index in [0.717, 1.165) is 0 Å². The van der Waals surface area contributed by atoms with E-state index >= 15 is 0 Å². The third-order valence-corrected chi connectivity index (χ3v) is 4.81. The van der Waals surface area contributed by atoms with E-state index in [9.17, 15) is 0 Å². The molecule has 0 N–H and O–H groups in total. The van der Waals surface area contributed by atoms with Gasteiger partial charge >= 0.3 is 0 Å². The fraction of sp³-hybridized carbons (Fsp3) is 0.467. The predicted octanol–water partition coefficient (Wildman–Crippen LogP) is 4.72. The van der Waals surface area contributed by atoms with E-state index in [1.54, 1.807) is 0 Å². The van der Waals surface area contributed by atoms with Gasteiger partial charge in [-0.25, -0.2) is 0 Å². The Morgan fingerprint density at radius 3 is 2.62 bits per heavy atom. The van der Waals surface area contributed by atoms with E-state index < -0.39 is 0 Å². The van der Waals surface area contributed by atoms with Crippen molar-refractivity contribution in [1.29, 1.82) is 0 Å². The van der Waals surface area contributed by atoms with Gasteiger partial charge in [0.05, 0.1) is 0 Å². The average molecular weight is 232 g/mol. The van der Waals surface area contributed by atoms with Crippen molar-refractivity contribution in [3.63, 3.8) is 0 Å². The Morgan fingerprint density at radius 1 is 1.19 bits per heavy atom. The largest absolute Gasteiger partial charge is 0.118 e. The summed E-state index contributed by atoms with van der Waals surface area (Å²) in [6.07, 6.45) is 14.9. The van der Waals surface area contributed by atoms with Crippen LogP contribution in [-0.2, 0) is 0 Å². The van der Waals surface area contributed by atoms with Gasteiger partial charge in [0.2, 0.25) is 0 Å². The first-order chi connectivity index (χ1) is 7.66. The van der Waals surface area contributed by atoms with Crippen LogP contribution in [0, 0.1) is 11.8 Å². The SMILES string of the molecule is CC1=CC(C)CC=C1SC1C=CC=CC1C. The number of hydrogen-bond acceptors (Lipinski definition) is 1. The number of rotatable bonds is 2. The van der Waals surface area contributed by atoms with Crippen LogP contribution in [0.1, 0.15) is 27.2 Å². The Balaban J connectivity index is 2.03. The summed E-state index contributed by atoms with van der Waals surface area (Å²) in [4.78, 5) is 1.48. The molecule has 1 heteroatoms. The Kier molecular flexibility index (Phi) is 3.75. The first-order valence-corrected chi connectivity index (χ1v) is 6.95. The van der Waals surface area contributed by atoms with Gasteiger partial charge < -0.3 is 0 Å². The third-order valence-electron chi connectivity index (χ3n) is 3.21. The first-order valence-electron chi connectivity index (χ1n) is 6.07. The van der Waals surface area contributed by atoms with E-state index in [4.69, 9.17) is 0 Å². The van der Waals surface area contributed by atoms with Gasteiger partial charge in [0.25, 0.3) is 0 Å². The highest BCUT2D eigenvalue weighted by atomic mass is 32.2. The molecule has 0 spiro atoms. The molecule has 0 heterocycles. The van der Waals surface area contributed by atoms with Crippen molar-refractivity contribution < 1.29 is 0 Å². The Hall–Kier alpha value is -0.690. The molecule has 0 aromatic heterocycles. The Labute approximate surface area is 103 Å². The van der Waals surface area contributed by atoms with Crippen LogP contribution in [0.4, 0.5) is 0 Å². The van der Waals surface area contributed by atoms with Crippen molar-refractivity contribution in [3.8, 4) is 0 Å². The normalized spacial score (nSPS) is 33.6. The molecule has 16 heavy (non-hydrogen) atoms. The third kappa shape index (κ3) is 2.70. The van der Waals surface area contributed by atoms with Crippen LogP contribution in [0.5, 0.6) is 0 Å². The highest BCUT2D eigenvalue weighted by Crippen LogP contribution is 2.37. The average Bonchev–Trinajstić information content (AvgIpc) is 2.25. The van der Waals surface area contributed by atoms with Gasteiger partial charge in [-0.05, 0) is 30.8 Å². The second kappa shape index (κ2) is 5.09. The molecule has 0 aliphatic heterocycles. The molecule has 0 radical (unpaired) electrons. The zero-order valence-electron chi connectivity index (χ0n) is 10.3. The topological polar surface area (TPSA) is 0 Å². The number of thioether (sulfide) groups is 1. The zero-order valence-corrected chi connectivity index (χ0v) is 11.1. The smallest absolute Gasteiger partial charge is 0.0337 e. The molecule has 2 rings (SSSR count). The quantitative estimate of drug-likeness (QED) is 0.664. The molecule has 2 aliphatic carbocycles. The minimum atomic E-state index is 0.605. The minimum Gasteiger partial charge on any atom is -0.118 e. The van der Waals surface area contributed by atoms with E-state index in [1.807, 2.05) is 11.8 Å². The van der Waals surface area contributed by atoms with E-state index in [2.05, 4.69) is 57.2 Å². The van der Waals surface area contributed by atoms with Crippen molar-refractivity contribution in [1.82, 2.24) is 0 Å². The maximum Gasteiger partial charge on any atom is 0.0337 e. The fourth-order valence-electron chi connectivity index (χ4n) is 2.16. The summed E-state index contributed by atoms with van der Waals surface area (Å²) in [5, 5.41) is 0.605. The summed E-state index contributed by atoms with van der Waals surface area (Å²) in [6.45, 7) is 6.82. The van der Waals surface area contributed by atoms with Gasteiger partial charge in [0.15, 0.2) is 0 Å². The molecule has 0 amide bonds. The highest BCUT2D eigenvalue weighted by Gasteiger charge is 2.18. The fourth-order valence-corrected chi connectivity index (χ4v) is 3.38. The monoisotopic (exact) mass is 232 g/mol. The van der Waals surface area contributed by atoms with Crippen LogP contribution in [0.3, 0.4) is 0 Å². The maximum atomic E-state index is 2.41. The molecule has 86 valence electrons.